The Morgan fingerprint density at radius 3 is 2.94 bits per heavy atom. The van der Waals surface area contributed by atoms with Gasteiger partial charge < -0.3 is 11.1 Å². The summed E-state index contributed by atoms with van der Waals surface area (Å²) < 4.78 is 1.64. The van der Waals surface area contributed by atoms with E-state index in [0.717, 1.165) is 38.6 Å². The van der Waals surface area contributed by atoms with E-state index in [4.69, 9.17) is 5.73 Å². The SMILES string of the molecule is CC(C(=O)NCc1ccccn1)n1cc2c(N)nc3cc(C4=CC=NC4)ccc3c2n1. The van der Waals surface area contributed by atoms with Gasteiger partial charge >= 0.3 is 0 Å². The quantitative estimate of drug-likeness (QED) is 0.525. The number of nitrogens with two attached hydrogens (primary N) is 1. The molecule has 0 spiro atoms. The van der Waals surface area contributed by atoms with Gasteiger partial charge in [-0.3, -0.25) is 19.5 Å². The van der Waals surface area contributed by atoms with E-state index in [2.05, 4.69) is 25.4 Å². The number of nitrogens with one attached hydrogen (secondary N) is 1. The second-order valence-corrected chi connectivity index (χ2v) is 7.50. The first-order valence-corrected chi connectivity index (χ1v) is 10.1. The predicted octanol–water partition coefficient (Wildman–Crippen LogP) is 2.91. The summed E-state index contributed by atoms with van der Waals surface area (Å²) in [6.07, 6.45) is 7.30. The topological polar surface area (TPSA) is 111 Å². The third-order valence-electron chi connectivity index (χ3n) is 5.46. The normalized spacial score (nSPS) is 14.2. The fourth-order valence-corrected chi connectivity index (χ4v) is 3.67. The van der Waals surface area contributed by atoms with Crippen molar-refractivity contribution in [2.24, 2.45) is 4.99 Å². The molecule has 0 aliphatic carbocycles. The van der Waals surface area contributed by atoms with Crippen LogP contribution in [-0.4, -0.2) is 38.4 Å². The van der Waals surface area contributed by atoms with Crippen molar-refractivity contribution < 1.29 is 4.79 Å². The molecule has 0 saturated carbocycles. The minimum Gasteiger partial charge on any atom is -0.383 e. The molecule has 8 nitrogen and oxygen atoms in total. The zero-order chi connectivity index (χ0) is 21.4. The van der Waals surface area contributed by atoms with Gasteiger partial charge in [0.2, 0.25) is 5.91 Å². The number of anilines is 1. The van der Waals surface area contributed by atoms with Crippen molar-refractivity contribution in [3.05, 3.63) is 66.1 Å². The van der Waals surface area contributed by atoms with E-state index in [9.17, 15) is 4.79 Å². The summed E-state index contributed by atoms with van der Waals surface area (Å²) in [6.45, 7) is 2.83. The molecule has 1 amide bonds. The molecule has 1 aliphatic rings. The van der Waals surface area contributed by atoms with Gasteiger partial charge in [-0.25, -0.2) is 4.98 Å². The summed E-state index contributed by atoms with van der Waals surface area (Å²) in [5, 5.41) is 9.22. The van der Waals surface area contributed by atoms with Crippen LogP contribution >= 0.6 is 0 Å². The summed E-state index contributed by atoms with van der Waals surface area (Å²) in [6, 6.07) is 11.1. The molecule has 3 aromatic heterocycles. The smallest absolute Gasteiger partial charge is 0.244 e. The van der Waals surface area contributed by atoms with Gasteiger partial charge in [0.1, 0.15) is 17.4 Å². The maximum absolute atomic E-state index is 12.7. The Bertz CT molecular complexity index is 1350. The van der Waals surface area contributed by atoms with Crippen molar-refractivity contribution in [3.8, 4) is 0 Å². The van der Waals surface area contributed by atoms with Crippen LogP contribution < -0.4 is 11.1 Å². The van der Waals surface area contributed by atoms with Crippen LogP contribution in [0.5, 0.6) is 0 Å². The number of fused-ring (bicyclic) bond motifs is 3. The van der Waals surface area contributed by atoms with Gasteiger partial charge in [0.15, 0.2) is 0 Å². The van der Waals surface area contributed by atoms with Gasteiger partial charge in [0.25, 0.3) is 0 Å². The van der Waals surface area contributed by atoms with Gasteiger partial charge in [-0.2, -0.15) is 5.10 Å². The van der Waals surface area contributed by atoms with E-state index >= 15 is 0 Å². The Kier molecular flexibility index (Phi) is 4.66. The van der Waals surface area contributed by atoms with Crippen molar-refractivity contribution >= 4 is 45.3 Å². The van der Waals surface area contributed by atoms with Crippen LogP contribution in [0.1, 0.15) is 24.2 Å². The van der Waals surface area contributed by atoms with Crippen molar-refractivity contribution in [2.75, 3.05) is 12.3 Å². The largest absolute Gasteiger partial charge is 0.383 e. The first-order chi connectivity index (χ1) is 15.1. The average molecular weight is 411 g/mol. The Morgan fingerprint density at radius 2 is 2.16 bits per heavy atom. The molecule has 0 saturated heterocycles. The van der Waals surface area contributed by atoms with Crippen LogP contribution in [0, 0.1) is 0 Å². The van der Waals surface area contributed by atoms with Crippen LogP contribution in [0.15, 0.2) is 59.9 Å². The highest BCUT2D eigenvalue weighted by Gasteiger charge is 2.19. The maximum Gasteiger partial charge on any atom is 0.244 e. The summed E-state index contributed by atoms with van der Waals surface area (Å²) in [4.78, 5) is 25.7. The second-order valence-electron chi connectivity index (χ2n) is 7.50. The fourth-order valence-electron chi connectivity index (χ4n) is 3.67. The number of nitrogen functional groups attached to an aromatic ring is 1. The maximum atomic E-state index is 12.7. The summed E-state index contributed by atoms with van der Waals surface area (Å²) >= 11 is 0. The second kappa shape index (κ2) is 7.64. The lowest BCUT2D eigenvalue weighted by Gasteiger charge is -2.12. The number of allylic oxidation sites excluding steroid dienone is 1. The van der Waals surface area contributed by atoms with Gasteiger partial charge in [-0.05, 0) is 48.4 Å². The number of rotatable bonds is 5. The van der Waals surface area contributed by atoms with Crippen molar-refractivity contribution in [3.63, 3.8) is 0 Å². The van der Waals surface area contributed by atoms with E-state index in [-0.39, 0.29) is 5.91 Å². The summed E-state index contributed by atoms with van der Waals surface area (Å²) in [7, 11) is 0. The molecule has 4 heterocycles. The zero-order valence-electron chi connectivity index (χ0n) is 17.0. The minimum absolute atomic E-state index is 0.148. The van der Waals surface area contributed by atoms with Crippen LogP contribution in [0.25, 0.3) is 27.4 Å². The molecule has 31 heavy (non-hydrogen) atoms. The number of aromatic nitrogens is 4. The molecule has 0 radical (unpaired) electrons. The van der Waals surface area contributed by atoms with Gasteiger partial charge in [0.05, 0.1) is 29.7 Å². The molecule has 8 heteroatoms. The molecule has 5 rings (SSSR count). The number of amides is 1. The van der Waals surface area contributed by atoms with Gasteiger partial charge in [-0.15, -0.1) is 0 Å². The lowest BCUT2D eigenvalue weighted by Crippen LogP contribution is -2.31. The zero-order valence-corrected chi connectivity index (χ0v) is 17.0. The fraction of sp³-hybridized carbons (Fsp3) is 0.174. The van der Waals surface area contributed by atoms with E-state index in [0.29, 0.717) is 18.9 Å². The third kappa shape index (κ3) is 3.52. The minimum atomic E-state index is -0.509. The molecule has 1 atom stereocenters. The third-order valence-corrected chi connectivity index (χ3v) is 5.46. The number of carbonyl (C=O) groups is 1. The van der Waals surface area contributed by atoms with Crippen molar-refractivity contribution in [1.29, 1.82) is 0 Å². The Hall–Kier alpha value is -4.07. The number of aliphatic imine (C=N–C) groups is 1. The van der Waals surface area contributed by atoms with Crippen LogP contribution in [0.4, 0.5) is 5.82 Å². The van der Waals surface area contributed by atoms with Crippen LogP contribution in [0.2, 0.25) is 0 Å². The molecule has 1 unspecified atom stereocenters. The van der Waals surface area contributed by atoms with Crippen LogP contribution in [0.3, 0.4) is 0 Å². The van der Waals surface area contributed by atoms with E-state index in [1.54, 1.807) is 24.0 Å². The standard InChI is InChI=1S/C23H21N7O/c1-14(23(31)27-12-17-4-2-3-8-26-17)30-13-19-21(29-30)18-6-5-15(16-7-9-25-11-16)10-20(18)28-22(19)24/h2-10,13-14H,11-12H2,1H3,(H2,24,28)(H,27,31). The first kappa shape index (κ1) is 18.9. The number of carbonyl (C=O) groups excluding carboxylic acids is 1. The number of benzene rings is 1. The number of pyridine rings is 2. The van der Waals surface area contributed by atoms with E-state index in [1.807, 2.05) is 48.7 Å². The average Bonchev–Trinajstić information content (AvgIpc) is 3.48. The Balaban J connectivity index is 1.45. The number of hydrogen-bond acceptors (Lipinski definition) is 6. The van der Waals surface area contributed by atoms with Gasteiger partial charge in [-0.1, -0.05) is 12.1 Å². The first-order valence-electron chi connectivity index (χ1n) is 10.1. The highest BCUT2D eigenvalue weighted by molar-refractivity contribution is 6.08. The van der Waals surface area contributed by atoms with Gasteiger partial charge in [0, 0.05) is 24.0 Å². The lowest BCUT2D eigenvalue weighted by molar-refractivity contribution is -0.124. The molecule has 3 N–H and O–H groups in total. The Morgan fingerprint density at radius 1 is 1.26 bits per heavy atom. The highest BCUT2D eigenvalue weighted by atomic mass is 16.2. The molecular formula is C23H21N7O. The summed E-state index contributed by atoms with van der Waals surface area (Å²) in [5.41, 5.74) is 10.8. The highest BCUT2D eigenvalue weighted by Crippen LogP contribution is 2.30. The van der Waals surface area contributed by atoms with Crippen molar-refractivity contribution in [1.82, 2.24) is 25.1 Å². The Labute approximate surface area is 178 Å². The lowest BCUT2D eigenvalue weighted by atomic mass is 10.0. The number of hydrogen-bond donors (Lipinski definition) is 2. The van der Waals surface area contributed by atoms with E-state index < -0.39 is 6.04 Å². The van der Waals surface area contributed by atoms with E-state index in [1.165, 1.54) is 0 Å². The molecule has 154 valence electrons. The molecule has 1 aromatic carbocycles. The molecule has 0 fully saturated rings. The molecular weight excluding hydrogens is 390 g/mol. The molecule has 4 aromatic rings. The summed E-state index contributed by atoms with van der Waals surface area (Å²) in [5.74, 6) is 0.244. The van der Waals surface area contributed by atoms with Crippen LogP contribution in [-0.2, 0) is 11.3 Å². The molecule has 0 bridgehead atoms. The number of nitrogens with zero attached hydrogens (tertiary/aromatic N) is 5. The monoisotopic (exact) mass is 411 g/mol. The van der Waals surface area contributed by atoms with Crippen molar-refractivity contribution in [2.45, 2.75) is 19.5 Å². The predicted molar refractivity (Wildman–Crippen MR) is 122 cm³/mol. The molecule has 1 aliphatic heterocycles.